The molecule has 0 amide bonds. The molecule has 0 saturated heterocycles. The van der Waals surface area contributed by atoms with Gasteiger partial charge in [0.15, 0.2) is 0 Å². The van der Waals surface area contributed by atoms with Crippen LogP contribution in [0.15, 0.2) is 18.3 Å². The highest BCUT2D eigenvalue weighted by Gasteiger charge is 2.01. The molecule has 1 rings (SSSR count). The van der Waals surface area contributed by atoms with Gasteiger partial charge in [0.25, 0.3) is 0 Å². The van der Waals surface area contributed by atoms with Crippen molar-refractivity contribution < 1.29 is 14.3 Å². The first-order valence-corrected chi connectivity index (χ1v) is 4.93. The van der Waals surface area contributed by atoms with Crippen LogP contribution < -0.4 is 4.74 Å². The number of nitrogens with zero attached hydrogens (tertiary/aromatic N) is 1. The smallest absolute Gasteiger partial charge is 0.309 e. The van der Waals surface area contributed by atoms with Gasteiger partial charge in [-0.15, -0.1) is 0 Å². The van der Waals surface area contributed by atoms with Crippen LogP contribution in [0.1, 0.15) is 19.0 Å². The minimum atomic E-state index is -0.238. The Hall–Kier alpha value is -1.58. The van der Waals surface area contributed by atoms with E-state index in [-0.39, 0.29) is 12.4 Å². The van der Waals surface area contributed by atoms with E-state index in [0.717, 1.165) is 5.69 Å². The molecule has 4 nitrogen and oxygen atoms in total. The maximum Gasteiger partial charge on any atom is 0.309 e. The summed E-state index contributed by atoms with van der Waals surface area (Å²) in [5, 5.41) is 0. The van der Waals surface area contributed by atoms with Gasteiger partial charge in [-0.1, -0.05) is 0 Å². The molecule has 0 spiro atoms. The number of hydrogen-bond donors (Lipinski definition) is 0. The number of ether oxygens (including phenoxy) is 2. The maximum atomic E-state index is 11.0. The second-order valence-corrected chi connectivity index (χ2v) is 3.04. The highest BCUT2D eigenvalue weighted by atomic mass is 16.5. The largest absolute Gasteiger partial charge is 0.491 e. The molecule has 0 fully saturated rings. The van der Waals surface area contributed by atoms with Crippen LogP contribution in [0.25, 0.3) is 0 Å². The van der Waals surface area contributed by atoms with E-state index < -0.39 is 0 Å². The number of esters is 1. The van der Waals surface area contributed by atoms with Crippen LogP contribution in [0.4, 0.5) is 0 Å². The van der Waals surface area contributed by atoms with Crippen LogP contribution >= 0.6 is 0 Å². The second-order valence-electron chi connectivity index (χ2n) is 3.04. The zero-order valence-corrected chi connectivity index (χ0v) is 9.03. The third-order valence-electron chi connectivity index (χ3n) is 1.76. The number of rotatable bonds is 5. The van der Waals surface area contributed by atoms with Crippen molar-refractivity contribution in [3.05, 3.63) is 24.0 Å². The van der Waals surface area contributed by atoms with Gasteiger partial charge in [-0.05, 0) is 26.0 Å². The number of pyridine rings is 1. The lowest BCUT2D eigenvalue weighted by molar-refractivity contribution is -0.143. The van der Waals surface area contributed by atoms with Gasteiger partial charge in [-0.25, -0.2) is 0 Å². The molecule has 1 aromatic heterocycles. The Bertz CT molecular complexity index is 308. The fourth-order valence-corrected chi connectivity index (χ4v) is 1.02. The van der Waals surface area contributed by atoms with Crippen molar-refractivity contribution in [2.75, 3.05) is 13.2 Å². The average molecular weight is 209 g/mol. The van der Waals surface area contributed by atoms with Crippen LogP contribution in [0.5, 0.6) is 5.75 Å². The fourth-order valence-electron chi connectivity index (χ4n) is 1.02. The average Bonchev–Trinajstić information content (AvgIpc) is 2.21. The summed E-state index contributed by atoms with van der Waals surface area (Å²) in [6, 6.07) is 3.69. The normalized spacial score (nSPS) is 9.73. The SMILES string of the molecule is CCOC(=O)CCOc1ccc(C)nc1. The summed E-state index contributed by atoms with van der Waals surface area (Å²) in [5.74, 6) is 0.433. The van der Waals surface area contributed by atoms with Gasteiger partial charge in [0.2, 0.25) is 0 Å². The first-order valence-electron chi connectivity index (χ1n) is 4.93. The minimum absolute atomic E-state index is 0.238. The Kier molecular flexibility index (Phi) is 4.60. The minimum Gasteiger partial charge on any atom is -0.491 e. The molecule has 0 atom stereocenters. The van der Waals surface area contributed by atoms with Crippen molar-refractivity contribution in [3.8, 4) is 5.75 Å². The monoisotopic (exact) mass is 209 g/mol. The molecule has 0 saturated carbocycles. The zero-order valence-electron chi connectivity index (χ0n) is 9.03. The van der Waals surface area contributed by atoms with Gasteiger partial charge < -0.3 is 9.47 Å². The van der Waals surface area contributed by atoms with E-state index in [1.54, 1.807) is 13.1 Å². The van der Waals surface area contributed by atoms with Crippen LogP contribution in [0.2, 0.25) is 0 Å². The highest BCUT2D eigenvalue weighted by molar-refractivity contribution is 5.69. The summed E-state index contributed by atoms with van der Waals surface area (Å²) in [7, 11) is 0. The van der Waals surface area contributed by atoms with Gasteiger partial charge in [0.1, 0.15) is 5.75 Å². The van der Waals surface area contributed by atoms with Crippen LogP contribution in [0, 0.1) is 6.92 Å². The van der Waals surface area contributed by atoms with Gasteiger partial charge in [0, 0.05) is 5.69 Å². The Morgan fingerprint density at radius 1 is 1.47 bits per heavy atom. The third kappa shape index (κ3) is 4.44. The summed E-state index contributed by atoms with van der Waals surface area (Å²) >= 11 is 0. The number of aromatic nitrogens is 1. The quantitative estimate of drug-likeness (QED) is 0.693. The number of carbonyl (C=O) groups excluding carboxylic acids is 1. The first-order chi connectivity index (χ1) is 7.22. The van der Waals surface area contributed by atoms with Gasteiger partial charge in [-0.3, -0.25) is 9.78 Å². The standard InChI is InChI=1S/C11H15NO3/c1-3-14-11(13)6-7-15-10-5-4-9(2)12-8-10/h4-5,8H,3,6-7H2,1-2H3. The van der Waals surface area contributed by atoms with Crippen LogP contribution in [-0.2, 0) is 9.53 Å². The molecule has 0 aliphatic heterocycles. The van der Waals surface area contributed by atoms with E-state index in [2.05, 4.69) is 4.98 Å². The van der Waals surface area contributed by atoms with Gasteiger partial charge in [-0.2, -0.15) is 0 Å². The Balaban J connectivity index is 2.26. The van der Waals surface area contributed by atoms with E-state index in [4.69, 9.17) is 9.47 Å². The summed E-state index contributed by atoms with van der Waals surface area (Å²) in [6.45, 7) is 4.42. The maximum absolute atomic E-state index is 11.0. The highest BCUT2D eigenvalue weighted by Crippen LogP contribution is 2.08. The number of aryl methyl sites for hydroxylation is 1. The number of carbonyl (C=O) groups is 1. The van der Waals surface area contributed by atoms with Crippen LogP contribution in [0.3, 0.4) is 0 Å². The van der Waals surface area contributed by atoms with Gasteiger partial charge in [0.05, 0.1) is 25.8 Å². The summed E-state index contributed by atoms with van der Waals surface area (Å²) < 4.78 is 10.1. The molecule has 0 bridgehead atoms. The van der Waals surface area contributed by atoms with Gasteiger partial charge >= 0.3 is 5.97 Å². The molecule has 82 valence electrons. The Morgan fingerprint density at radius 3 is 2.87 bits per heavy atom. The summed E-state index contributed by atoms with van der Waals surface area (Å²) in [5.41, 5.74) is 0.938. The lowest BCUT2D eigenvalue weighted by atomic mass is 10.4. The predicted molar refractivity (Wildman–Crippen MR) is 55.7 cm³/mol. The van der Waals surface area contributed by atoms with Crippen molar-refractivity contribution in [3.63, 3.8) is 0 Å². The molecule has 4 heteroatoms. The van der Waals surface area contributed by atoms with Crippen molar-refractivity contribution in [1.82, 2.24) is 4.98 Å². The van der Waals surface area contributed by atoms with E-state index in [1.807, 2.05) is 19.1 Å². The molecule has 0 N–H and O–H groups in total. The summed E-state index contributed by atoms with van der Waals surface area (Å²) in [6.07, 6.45) is 1.90. The lowest BCUT2D eigenvalue weighted by Gasteiger charge is -2.05. The molecule has 0 aliphatic carbocycles. The number of hydrogen-bond acceptors (Lipinski definition) is 4. The molecular formula is C11H15NO3. The van der Waals surface area contributed by atoms with Crippen molar-refractivity contribution in [2.45, 2.75) is 20.3 Å². The fraction of sp³-hybridized carbons (Fsp3) is 0.455. The second kappa shape index (κ2) is 6.01. The van der Waals surface area contributed by atoms with E-state index >= 15 is 0 Å². The zero-order chi connectivity index (χ0) is 11.1. The molecule has 0 aromatic carbocycles. The molecule has 1 aromatic rings. The predicted octanol–water partition coefficient (Wildman–Crippen LogP) is 1.72. The summed E-state index contributed by atoms with van der Waals surface area (Å²) in [4.78, 5) is 15.0. The topological polar surface area (TPSA) is 48.4 Å². The van der Waals surface area contributed by atoms with Crippen molar-refractivity contribution in [1.29, 1.82) is 0 Å². The van der Waals surface area contributed by atoms with E-state index in [0.29, 0.717) is 19.0 Å². The van der Waals surface area contributed by atoms with Crippen molar-refractivity contribution in [2.24, 2.45) is 0 Å². The van der Waals surface area contributed by atoms with E-state index in [9.17, 15) is 4.79 Å². The third-order valence-corrected chi connectivity index (χ3v) is 1.76. The molecule has 0 radical (unpaired) electrons. The molecule has 15 heavy (non-hydrogen) atoms. The van der Waals surface area contributed by atoms with Crippen molar-refractivity contribution >= 4 is 5.97 Å². The first kappa shape index (κ1) is 11.5. The Morgan fingerprint density at radius 2 is 2.27 bits per heavy atom. The molecule has 1 heterocycles. The molecular weight excluding hydrogens is 194 g/mol. The molecule has 0 unspecified atom stereocenters. The molecule has 0 aliphatic rings. The lowest BCUT2D eigenvalue weighted by Crippen LogP contribution is -2.09. The van der Waals surface area contributed by atoms with Crippen LogP contribution in [-0.4, -0.2) is 24.2 Å². The Labute approximate surface area is 89.2 Å². The van der Waals surface area contributed by atoms with E-state index in [1.165, 1.54) is 0 Å².